The molecule has 2 heterocycles. The lowest BCUT2D eigenvalue weighted by Crippen LogP contribution is -1.95. The molecule has 0 saturated carbocycles. The number of para-hydroxylation sites is 1. The maximum absolute atomic E-state index is 4.46. The van der Waals surface area contributed by atoms with Gasteiger partial charge in [-0.05, 0) is 31.0 Å². The van der Waals surface area contributed by atoms with Crippen molar-refractivity contribution < 1.29 is 0 Å². The average Bonchev–Trinajstić information content (AvgIpc) is 2.41. The van der Waals surface area contributed by atoms with E-state index < -0.39 is 0 Å². The SMILES string of the molecule is Cc1cnnc(-c2cccc3cccnc23)c1C. The molecular formula is C15H13N3. The van der Waals surface area contributed by atoms with Gasteiger partial charge in [0, 0.05) is 17.1 Å². The Hall–Kier alpha value is -2.29. The van der Waals surface area contributed by atoms with Gasteiger partial charge in [0.05, 0.1) is 17.4 Å². The van der Waals surface area contributed by atoms with Crippen LogP contribution in [0, 0.1) is 13.8 Å². The van der Waals surface area contributed by atoms with E-state index in [1.54, 1.807) is 6.20 Å². The van der Waals surface area contributed by atoms with E-state index in [0.29, 0.717) is 0 Å². The highest BCUT2D eigenvalue weighted by Gasteiger charge is 2.10. The molecule has 0 fully saturated rings. The molecule has 3 heteroatoms. The summed E-state index contributed by atoms with van der Waals surface area (Å²) in [5.41, 5.74) is 5.24. The van der Waals surface area contributed by atoms with Crippen molar-refractivity contribution in [3.63, 3.8) is 0 Å². The van der Waals surface area contributed by atoms with Crippen molar-refractivity contribution in [2.45, 2.75) is 13.8 Å². The molecule has 2 aromatic heterocycles. The predicted octanol–water partition coefficient (Wildman–Crippen LogP) is 3.31. The van der Waals surface area contributed by atoms with E-state index in [-0.39, 0.29) is 0 Å². The fourth-order valence-electron chi connectivity index (χ4n) is 2.08. The van der Waals surface area contributed by atoms with Gasteiger partial charge in [0.25, 0.3) is 0 Å². The van der Waals surface area contributed by atoms with Crippen LogP contribution >= 0.6 is 0 Å². The zero-order valence-electron chi connectivity index (χ0n) is 10.4. The number of hydrogen-bond donors (Lipinski definition) is 0. The summed E-state index contributed by atoms with van der Waals surface area (Å²) in [4.78, 5) is 4.46. The lowest BCUT2D eigenvalue weighted by atomic mass is 10.0. The number of hydrogen-bond acceptors (Lipinski definition) is 3. The van der Waals surface area contributed by atoms with Crippen LogP contribution < -0.4 is 0 Å². The third-order valence-corrected chi connectivity index (χ3v) is 3.24. The monoisotopic (exact) mass is 235 g/mol. The summed E-state index contributed by atoms with van der Waals surface area (Å²) in [6, 6.07) is 10.1. The number of benzene rings is 1. The molecule has 1 aromatic carbocycles. The molecular weight excluding hydrogens is 222 g/mol. The second-order valence-corrected chi connectivity index (χ2v) is 4.38. The van der Waals surface area contributed by atoms with Crippen LogP contribution in [0.25, 0.3) is 22.2 Å². The Bertz CT molecular complexity index is 715. The number of fused-ring (bicyclic) bond motifs is 1. The smallest absolute Gasteiger partial charge is 0.0983 e. The molecule has 3 nitrogen and oxygen atoms in total. The Labute approximate surface area is 106 Å². The van der Waals surface area contributed by atoms with Gasteiger partial charge in [-0.2, -0.15) is 10.2 Å². The van der Waals surface area contributed by atoms with Crippen molar-refractivity contribution in [1.82, 2.24) is 15.2 Å². The first-order chi connectivity index (χ1) is 8.77. The van der Waals surface area contributed by atoms with Crippen LogP contribution in [0.15, 0.2) is 42.7 Å². The van der Waals surface area contributed by atoms with Gasteiger partial charge < -0.3 is 0 Å². The van der Waals surface area contributed by atoms with Gasteiger partial charge >= 0.3 is 0 Å². The lowest BCUT2D eigenvalue weighted by Gasteiger charge is -2.08. The van der Waals surface area contributed by atoms with Gasteiger partial charge in [-0.15, -0.1) is 0 Å². The van der Waals surface area contributed by atoms with Crippen molar-refractivity contribution >= 4 is 10.9 Å². The van der Waals surface area contributed by atoms with Crippen molar-refractivity contribution in [1.29, 1.82) is 0 Å². The summed E-state index contributed by atoms with van der Waals surface area (Å²) in [5, 5.41) is 9.44. The van der Waals surface area contributed by atoms with Crippen molar-refractivity contribution in [3.8, 4) is 11.3 Å². The molecule has 0 bridgehead atoms. The third kappa shape index (κ3) is 1.64. The topological polar surface area (TPSA) is 38.7 Å². The van der Waals surface area contributed by atoms with E-state index in [9.17, 15) is 0 Å². The zero-order chi connectivity index (χ0) is 12.5. The molecule has 0 amide bonds. The number of aromatic nitrogens is 3. The summed E-state index contributed by atoms with van der Waals surface area (Å²) in [6.07, 6.45) is 3.60. The summed E-state index contributed by atoms with van der Waals surface area (Å²) in [7, 11) is 0. The van der Waals surface area contributed by atoms with Gasteiger partial charge in [-0.1, -0.05) is 24.3 Å². The average molecular weight is 235 g/mol. The van der Waals surface area contributed by atoms with Crippen LogP contribution in [-0.2, 0) is 0 Å². The molecule has 0 unspecified atom stereocenters. The first kappa shape index (κ1) is 10.8. The Morgan fingerprint density at radius 2 is 1.83 bits per heavy atom. The molecule has 88 valence electrons. The minimum absolute atomic E-state index is 0.916. The molecule has 3 rings (SSSR count). The molecule has 0 radical (unpaired) electrons. The van der Waals surface area contributed by atoms with Gasteiger partial charge in [0.15, 0.2) is 0 Å². The number of rotatable bonds is 1. The number of aryl methyl sites for hydroxylation is 1. The Kier molecular flexibility index (Phi) is 2.52. The van der Waals surface area contributed by atoms with Crippen LogP contribution in [0.2, 0.25) is 0 Å². The lowest BCUT2D eigenvalue weighted by molar-refractivity contribution is 1.00. The minimum atomic E-state index is 0.916. The van der Waals surface area contributed by atoms with Crippen LogP contribution in [0.3, 0.4) is 0 Å². The standard InChI is InChI=1S/C15H13N3/c1-10-9-17-18-14(11(10)2)13-7-3-5-12-6-4-8-16-15(12)13/h3-9H,1-2H3. The second-order valence-electron chi connectivity index (χ2n) is 4.38. The molecule has 0 atom stereocenters. The molecule has 3 aromatic rings. The van der Waals surface area contributed by atoms with E-state index in [1.807, 2.05) is 31.3 Å². The first-order valence-corrected chi connectivity index (χ1v) is 5.90. The maximum atomic E-state index is 4.46. The Morgan fingerprint density at radius 3 is 2.72 bits per heavy atom. The summed E-state index contributed by atoms with van der Waals surface area (Å²) in [5.74, 6) is 0. The molecule has 0 N–H and O–H groups in total. The summed E-state index contributed by atoms with van der Waals surface area (Å²) >= 11 is 0. The van der Waals surface area contributed by atoms with Gasteiger partial charge in [0.1, 0.15) is 0 Å². The van der Waals surface area contributed by atoms with E-state index in [1.165, 1.54) is 0 Å². The van der Waals surface area contributed by atoms with Crippen molar-refractivity contribution in [2.24, 2.45) is 0 Å². The largest absolute Gasteiger partial charge is 0.256 e. The molecule has 0 aliphatic rings. The molecule has 0 aliphatic heterocycles. The molecule has 0 spiro atoms. The quantitative estimate of drug-likeness (QED) is 0.649. The van der Waals surface area contributed by atoms with Gasteiger partial charge in [-0.25, -0.2) is 0 Å². The zero-order valence-corrected chi connectivity index (χ0v) is 10.4. The highest BCUT2D eigenvalue weighted by Crippen LogP contribution is 2.28. The number of pyridine rings is 1. The molecule has 0 aliphatic carbocycles. The van der Waals surface area contributed by atoms with E-state index in [2.05, 4.69) is 34.2 Å². The van der Waals surface area contributed by atoms with Crippen LogP contribution in [-0.4, -0.2) is 15.2 Å². The highest BCUT2D eigenvalue weighted by molar-refractivity contribution is 5.93. The van der Waals surface area contributed by atoms with Crippen LogP contribution in [0.1, 0.15) is 11.1 Å². The Morgan fingerprint density at radius 1 is 1.00 bits per heavy atom. The third-order valence-electron chi connectivity index (χ3n) is 3.24. The predicted molar refractivity (Wildman–Crippen MR) is 72.2 cm³/mol. The van der Waals surface area contributed by atoms with Gasteiger partial charge in [0.2, 0.25) is 0 Å². The van der Waals surface area contributed by atoms with E-state index in [0.717, 1.165) is 33.3 Å². The van der Waals surface area contributed by atoms with Crippen molar-refractivity contribution in [3.05, 3.63) is 53.9 Å². The fraction of sp³-hybridized carbons (Fsp3) is 0.133. The second kappa shape index (κ2) is 4.18. The van der Waals surface area contributed by atoms with Crippen LogP contribution in [0.4, 0.5) is 0 Å². The summed E-state index contributed by atoms with van der Waals surface area (Å²) < 4.78 is 0. The van der Waals surface area contributed by atoms with E-state index >= 15 is 0 Å². The molecule has 18 heavy (non-hydrogen) atoms. The maximum Gasteiger partial charge on any atom is 0.0983 e. The minimum Gasteiger partial charge on any atom is -0.256 e. The summed E-state index contributed by atoms with van der Waals surface area (Å²) in [6.45, 7) is 4.12. The highest BCUT2D eigenvalue weighted by atomic mass is 15.1. The fourth-order valence-corrected chi connectivity index (χ4v) is 2.08. The molecule has 0 saturated heterocycles. The first-order valence-electron chi connectivity index (χ1n) is 5.90. The number of nitrogens with zero attached hydrogens (tertiary/aromatic N) is 3. The van der Waals surface area contributed by atoms with Crippen molar-refractivity contribution in [2.75, 3.05) is 0 Å². The Balaban J connectivity index is 2.35. The van der Waals surface area contributed by atoms with Crippen LogP contribution in [0.5, 0.6) is 0 Å². The van der Waals surface area contributed by atoms with Gasteiger partial charge in [-0.3, -0.25) is 4.98 Å². The normalized spacial score (nSPS) is 10.8. The van der Waals surface area contributed by atoms with E-state index in [4.69, 9.17) is 0 Å².